The maximum absolute atomic E-state index is 10.9. The van der Waals surface area contributed by atoms with Crippen molar-refractivity contribution in [1.82, 2.24) is 0 Å². The predicted molar refractivity (Wildman–Crippen MR) is 172 cm³/mol. The van der Waals surface area contributed by atoms with Crippen molar-refractivity contribution >= 4 is 39.0 Å². The molecule has 0 unspecified atom stereocenters. The zero-order chi connectivity index (χ0) is 28.4. The second-order valence-corrected chi connectivity index (χ2v) is 24.0. The topological polar surface area (TPSA) is 65.2 Å². The number of aliphatic imine (C=N–C) groups is 2. The van der Waals surface area contributed by atoms with E-state index in [-0.39, 0.29) is 23.9 Å². The van der Waals surface area contributed by atoms with Crippen LogP contribution in [-0.2, 0) is 0 Å². The van der Waals surface area contributed by atoms with Crippen molar-refractivity contribution in [3.05, 3.63) is 46.5 Å². The van der Waals surface area contributed by atoms with Crippen molar-refractivity contribution in [2.45, 2.75) is 117 Å². The highest BCUT2D eigenvalue weighted by Gasteiger charge is 2.24. The molecule has 0 atom stereocenters. The Bertz CT molecular complexity index is 1090. The first-order valence-electron chi connectivity index (χ1n) is 14.4. The zero-order valence-corrected chi connectivity index (χ0v) is 27.4. The maximum Gasteiger partial charge on any atom is 0.127 e. The van der Waals surface area contributed by atoms with E-state index in [1.807, 2.05) is 12.4 Å². The van der Waals surface area contributed by atoms with Crippen LogP contribution < -0.4 is 10.4 Å². The molecule has 38 heavy (non-hydrogen) atoms. The van der Waals surface area contributed by atoms with E-state index < -0.39 is 16.1 Å². The molecule has 4 nitrogen and oxygen atoms in total. The Labute approximate surface area is 233 Å². The molecule has 2 aromatic carbocycles. The molecule has 0 bridgehead atoms. The van der Waals surface area contributed by atoms with Gasteiger partial charge in [-0.3, -0.25) is 9.98 Å². The third kappa shape index (κ3) is 7.47. The minimum Gasteiger partial charge on any atom is -0.507 e. The van der Waals surface area contributed by atoms with Gasteiger partial charge in [-0.1, -0.05) is 102 Å². The Kier molecular flexibility index (Phi) is 9.51. The summed E-state index contributed by atoms with van der Waals surface area (Å²) in [6.07, 6.45) is 7.77. The third-order valence-corrected chi connectivity index (χ3v) is 11.9. The molecular formula is C32H50N2O2Si2. The fourth-order valence-corrected chi connectivity index (χ4v) is 7.39. The third-order valence-electron chi connectivity index (χ3n) is 7.83. The van der Waals surface area contributed by atoms with E-state index >= 15 is 0 Å². The van der Waals surface area contributed by atoms with E-state index in [0.29, 0.717) is 11.5 Å². The van der Waals surface area contributed by atoms with Crippen LogP contribution in [0.3, 0.4) is 0 Å². The highest BCUT2D eigenvalue weighted by Crippen LogP contribution is 2.31. The molecule has 0 aliphatic heterocycles. The van der Waals surface area contributed by atoms with Gasteiger partial charge in [0.05, 0.1) is 28.2 Å². The van der Waals surface area contributed by atoms with Crippen LogP contribution in [0.2, 0.25) is 39.3 Å². The van der Waals surface area contributed by atoms with E-state index in [9.17, 15) is 10.2 Å². The maximum atomic E-state index is 10.9. The second-order valence-electron chi connectivity index (χ2n) is 13.8. The van der Waals surface area contributed by atoms with Gasteiger partial charge < -0.3 is 10.2 Å². The van der Waals surface area contributed by atoms with Crippen LogP contribution in [0.25, 0.3) is 0 Å². The summed E-state index contributed by atoms with van der Waals surface area (Å²) >= 11 is 0. The molecule has 3 rings (SSSR count). The monoisotopic (exact) mass is 550 g/mol. The lowest BCUT2D eigenvalue weighted by Gasteiger charge is -2.24. The minimum absolute atomic E-state index is 0.259. The summed E-state index contributed by atoms with van der Waals surface area (Å²) in [5.74, 6) is 1.30. The van der Waals surface area contributed by atoms with Crippen molar-refractivity contribution in [1.29, 1.82) is 0 Å². The highest BCUT2D eigenvalue weighted by atomic mass is 28.3. The van der Waals surface area contributed by atoms with Crippen LogP contribution in [0.15, 0.2) is 34.3 Å². The first kappa shape index (κ1) is 30.4. The number of rotatable bonds is 8. The summed E-state index contributed by atoms with van der Waals surface area (Å²) < 4.78 is 0. The zero-order valence-electron chi connectivity index (χ0n) is 25.4. The van der Waals surface area contributed by atoms with Gasteiger partial charge in [0.15, 0.2) is 0 Å². The number of nitrogens with zero attached hydrogens (tertiary/aromatic N) is 2. The Morgan fingerprint density at radius 2 is 0.947 bits per heavy atom. The molecule has 2 N–H and O–H groups in total. The smallest absolute Gasteiger partial charge is 0.127 e. The van der Waals surface area contributed by atoms with E-state index in [1.165, 1.54) is 10.4 Å². The van der Waals surface area contributed by atoms with E-state index in [1.54, 1.807) is 0 Å². The molecule has 0 heterocycles. The number of benzene rings is 2. The van der Waals surface area contributed by atoms with Crippen LogP contribution >= 0.6 is 0 Å². The Hall–Kier alpha value is -2.19. The molecule has 1 aliphatic carbocycles. The molecule has 0 aromatic heterocycles. The molecule has 0 saturated heterocycles. The average Bonchev–Trinajstić information content (AvgIpc) is 2.81. The Balaban J connectivity index is 1.73. The lowest BCUT2D eigenvalue weighted by Crippen LogP contribution is -2.38. The van der Waals surface area contributed by atoms with Gasteiger partial charge in [0.1, 0.15) is 11.5 Å². The number of phenolic OH excluding ortho intramolecular Hbond substituents is 2. The van der Waals surface area contributed by atoms with Gasteiger partial charge in [-0.2, -0.15) is 0 Å². The SMILES string of the molecule is CC(C)c1cc([Si](C)(C)C)cc(C=NC2CCC(N=Cc3cc([Si](C)(C)C)cc(C(C)C)c3O)CC2)c1O. The molecule has 0 amide bonds. The van der Waals surface area contributed by atoms with E-state index in [4.69, 9.17) is 9.98 Å². The lowest BCUT2D eigenvalue weighted by atomic mass is 9.91. The Morgan fingerprint density at radius 1 is 0.632 bits per heavy atom. The summed E-state index contributed by atoms with van der Waals surface area (Å²) in [5, 5.41) is 24.6. The summed E-state index contributed by atoms with van der Waals surface area (Å²) in [6.45, 7) is 22.6. The number of phenols is 2. The molecule has 6 heteroatoms. The summed E-state index contributed by atoms with van der Waals surface area (Å²) in [6, 6.07) is 9.23. The van der Waals surface area contributed by atoms with Crippen LogP contribution in [-0.4, -0.2) is 50.9 Å². The van der Waals surface area contributed by atoms with Crippen molar-refractivity contribution in [2.24, 2.45) is 9.98 Å². The molecule has 0 radical (unpaired) electrons. The van der Waals surface area contributed by atoms with Gasteiger partial charge in [0.2, 0.25) is 0 Å². The van der Waals surface area contributed by atoms with Crippen LogP contribution in [0, 0.1) is 0 Å². The van der Waals surface area contributed by atoms with Crippen LogP contribution in [0.1, 0.15) is 87.5 Å². The fourth-order valence-electron chi connectivity index (χ4n) is 5.03. The standard InChI is InChI=1S/C32H50N2O2Si2/c1-21(2)29-17-27(37(5,6)7)15-23(31(29)35)19-33-25-11-13-26(14-12-25)34-20-24-16-28(38(8,9)10)18-30(22(3)4)32(24)36/h15-22,25-26,35-36H,11-14H2,1-10H3. The minimum atomic E-state index is -1.51. The normalized spacial score (nSPS) is 19.4. The fraction of sp³-hybridized carbons (Fsp3) is 0.562. The van der Waals surface area contributed by atoms with E-state index in [0.717, 1.165) is 47.9 Å². The van der Waals surface area contributed by atoms with Crippen molar-refractivity contribution < 1.29 is 10.2 Å². The molecular weight excluding hydrogens is 501 g/mol. The van der Waals surface area contributed by atoms with Gasteiger partial charge in [-0.25, -0.2) is 0 Å². The second kappa shape index (κ2) is 11.9. The van der Waals surface area contributed by atoms with Crippen molar-refractivity contribution in [2.75, 3.05) is 0 Å². The molecule has 208 valence electrons. The molecule has 0 spiro atoms. The van der Waals surface area contributed by atoms with Gasteiger partial charge in [0, 0.05) is 23.6 Å². The molecule has 2 aromatic rings. The van der Waals surface area contributed by atoms with Gasteiger partial charge in [-0.15, -0.1) is 0 Å². The van der Waals surface area contributed by atoms with E-state index in [2.05, 4.69) is 91.2 Å². The summed E-state index contributed by atoms with van der Waals surface area (Å²) in [4.78, 5) is 9.84. The van der Waals surface area contributed by atoms with Crippen molar-refractivity contribution in [3.63, 3.8) is 0 Å². The number of aromatic hydroxyl groups is 2. The van der Waals surface area contributed by atoms with Gasteiger partial charge in [0.25, 0.3) is 0 Å². The number of hydrogen-bond acceptors (Lipinski definition) is 4. The predicted octanol–water partition coefficient (Wildman–Crippen LogP) is 7.28. The number of hydrogen-bond donors (Lipinski definition) is 2. The van der Waals surface area contributed by atoms with Crippen LogP contribution in [0.5, 0.6) is 11.5 Å². The molecule has 1 saturated carbocycles. The first-order chi connectivity index (χ1) is 17.6. The first-order valence-corrected chi connectivity index (χ1v) is 21.4. The largest absolute Gasteiger partial charge is 0.507 e. The highest BCUT2D eigenvalue weighted by molar-refractivity contribution is 6.89. The quantitative estimate of drug-likeness (QED) is 0.268. The Morgan fingerprint density at radius 3 is 1.21 bits per heavy atom. The summed E-state index contributed by atoms with van der Waals surface area (Å²) in [7, 11) is -3.02. The average molecular weight is 551 g/mol. The molecule has 1 fully saturated rings. The van der Waals surface area contributed by atoms with Crippen LogP contribution in [0.4, 0.5) is 0 Å². The summed E-state index contributed by atoms with van der Waals surface area (Å²) in [5.41, 5.74) is 3.75. The van der Waals surface area contributed by atoms with Gasteiger partial charge >= 0.3 is 0 Å². The molecule has 1 aliphatic rings. The van der Waals surface area contributed by atoms with Gasteiger partial charge in [-0.05, 0) is 48.6 Å². The van der Waals surface area contributed by atoms with Crippen molar-refractivity contribution in [3.8, 4) is 11.5 Å². The lowest BCUT2D eigenvalue weighted by molar-refractivity contribution is 0.399.